The molecule has 6 nitrogen and oxygen atoms in total. The number of carbonyl (C=O) groups excluding carboxylic acids is 1. The second kappa shape index (κ2) is 6.25. The Bertz CT molecular complexity index is 176. The molecule has 0 spiro atoms. The minimum absolute atomic E-state index is 0.400. The standard InChI is InChI=1S/C3H13NO5Si4/c1-2-4-3(5)6-13(7-10,8-11)9-12/h2H,1H2,10-12H3,(H,4,5). The van der Waals surface area contributed by atoms with Crippen molar-refractivity contribution in [3.63, 3.8) is 0 Å². The van der Waals surface area contributed by atoms with Gasteiger partial charge in [0.25, 0.3) is 0 Å². The van der Waals surface area contributed by atoms with Crippen LogP contribution in [0.5, 0.6) is 0 Å². The molecule has 10 heteroatoms. The fourth-order valence-electron chi connectivity index (χ4n) is 0.601. The minimum Gasteiger partial charge on any atom is -0.436 e. The molecule has 0 unspecified atom stereocenters. The second-order valence-electron chi connectivity index (χ2n) is 1.85. The summed E-state index contributed by atoms with van der Waals surface area (Å²) in [5.41, 5.74) is 0. The van der Waals surface area contributed by atoms with E-state index in [9.17, 15) is 4.79 Å². The van der Waals surface area contributed by atoms with E-state index in [0.29, 0.717) is 31.5 Å². The zero-order valence-corrected chi connectivity index (χ0v) is 14.8. The van der Waals surface area contributed by atoms with E-state index in [0.717, 1.165) is 0 Å². The molecule has 0 aromatic heterocycles. The van der Waals surface area contributed by atoms with Gasteiger partial charge >= 0.3 is 15.1 Å². The number of rotatable bonds is 5. The molecule has 1 N–H and O–H groups in total. The van der Waals surface area contributed by atoms with Gasteiger partial charge in [0.05, 0.1) is 0 Å². The highest BCUT2D eigenvalue weighted by Gasteiger charge is 2.44. The smallest absolute Gasteiger partial charge is 0.436 e. The van der Waals surface area contributed by atoms with Gasteiger partial charge in [-0.2, -0.15) is 0 Å². The molecule has 0 aromatic carbocycles. The molecule has 0 atom stereocenters. The minimum atomic E-state index is -3.09. The summed E-state index contributed by atoms with van der Waals surface area (Å²) in [4.78, 5) is 11.0. The highest BCUT2D eigenvalue weighted by molar-refractivity contribution is 6.64. The molecule has 0 bridgehead atoms. The first-order valence-corrected chi connectivity index (χ1v) is 7.48. The second-order valence-corrected chi connectivity index (χ2v) is 7.95. The molecule has 0 aromatic rings. The summed E-state index contributed by atoms with van der Waals surface area (Å²) in [6, 6.07) is 0. The Morgan fingerprint density at radius 3 is 2.08 bits per heavy atom. The average molecular weight is 255 g/mol. The van der Waals surface area contributed by atoms with Crippen molar-refractivity contribution >= 4 is 46.6 Å². The van der Waals surface area contributed by atoms with Crippen molar-refractivity contribution in [3.8, 4) is 0 Å². The lowest BCUT2D eigenvalue weighted by Gasteiger charge is -2.23. The molecule has 0 radical (unpaired) electrons. The zero-order chi connectivity index (χ0) is 10.3. The molecule has 0 saturated carbocycles. The molecule has 76 valence electrons. The highest BCUT2D eigenvalue weighted by Crippen LogP contribution is 2.06. The summed E-state index contributed by atoms with van der Waals surface area (Å²) in [5, 5.41) is 2.25. The predicted molar refractivity (Wildman–Crippen MR) is 58.6 cm³/mol. The molecule has 0 aliphatic carbocycles. The molecule has 13 heavy (non-hydrogen) atoms. The lowest BCUT2D eigenvalue weighted by Crippen LogP contribution is -2.50. The van der Waals surface area contributed by atoms with Crippen LogP contribution in [-0.4, -0.2) is 46.6 Å². The number of hydrogen-bond acceptors (Lipinski definition) is 5. The van der Waals surface area contributed by atoms with Gasteiger partial charge in [-0.25, -0.2) is 4.79 Å². The van der Waals surface area contributed by atoms with Crippen LogP contribution in [0.2, 0.25) is 0 Å². The van der Waals surface area contributed by atoms with Crippen LogP contribution in [0.1, 0.15) is 0 Å². The van der Waals surface area contributed by atoms with E-state index in [2.05, 4.69) is 11.9 Å². The van der Waals surface area contributed by atoms with Gasteiger partial charge in [-0.15, -0.1) is 0 Å². The van der Waals surface area contributed by atoms with Gasteiger partial charge in [0, 0.05) is 0 Å². The number of nitrogens with one attached hydrogen (secondary N) is 1. The fraction of sp³-hybridized carbons (Fsp3) is 0. The lowest BCUT2D eigenvalue weighted by atomic mass is 11.0. The van der Waals surface area contributed by atoms with E-state index in [1.807, 2.05) is 0 Å². The third-order valence-corrected chi connectivity index (χ3v) is 7.62. The number of amides is 1. The van der Waals surface area contributed by atoms with Crippen molar-refractivity contribution in [1.82, 2.24) is 5.32 Å². The van der Waals surface area contributed by atoms with Crippen LogP contribution in [0.25, 0.3) is 0 Å². The quantitative estimate of drug-likeness (QED) is 0.510. The maximum Gasteiger partial charge on any atom is 0.718 e. The van der Waals surface area contributed by atoms with Crippen LogP contribution in [0.15, 0.2) is 12.8 Å². The third-order valence-electron chi connectivity index (χ3n) is 1.19. The Morgan fingerprint density at radius 1 is 1.31 bits per heavy atom. The molecule has 0 aliphatic rings. The molecule has 1 amide bonds. The van der Waals surface area contributed by atoms with Crippen LogP contribution >= 0.6 is 0 Å². The predicted octanol–water partition coefficient (Wildman–Crippen LogP) is -3.82. The summed E-state index contributed by atoms with van der Waals surface area (Å²) >= 11 is 0. The zero-order valence-electron chi connectivity index (χ0n) is 7.83. The molecular formula is C3H13NO5Si4. The first-order valence-electron chi connectivity index (χ1n) is 3.40. The number of carbonyl (C=O) groups is 1. The largest absolute Gasteiger partial charge is 0.718 e. The van der Waals surface area contributed by atoms with Gasteiger partial charge in [-0.3, -0.25) is 5.32 Å². The Morgan fingerprint density at radius 2 is 1.77 bits per heavy atom. The van der Waals surface area contributed by atoms with Crippen molar-refractivity contribution in [3.05, 3.63) is 12.8 Å². The van der Waals surface area contributed by atoms with E-state index in [1.54, 1.807) is 0 Å². The van der Waals surface area contributed by atoms with Crippen LogP contribution in [-0.2, 0) is 16.8 Å². The Labute approximate surface area is 86.7 Å². The SMILES string of the molecule is C=CNC(=O)O[Si](O[SiH3])(O[SiH3])O[SiH3]. The number of hydrogen-bond donors (Lipinski definition) is 1. The molecule has 0 aliphatic heterocycles. The summed E-state index contributed by atoms with van der Waals surface area (Å²) in [7, 11) is -1.89. The van der Waals surface area contributed by atoms with E-state index in [4.69, 9.17) is 16.8 Å². The van der Waals surface area contributed by atoms with E-state index in [-0.39, 0.29) is 0 Å². The van der Waals surface area contributed by atoms with Gasteiger partial charge < -0.3 is 16.8 Å². The maximum absolute atomic E-state index is 11.0. The van der Waals surface area contributed by atoms with Crippen molar-refractivity contribution in [2.45, 2.75) is 0 Å². The van der Waals surface area contributed by atoms with Crippen LogP contribution in [0, 0.1) is 0 Å². The average Bonchev–Trinajstić information content (AvgIpc) is 2.15. The van der Waals surface area contributed by atoms with E-state index >= 15 is 0 Å². The van der Waals surface area contributed by atoms with Gasteiger partial charge in [0.15, 0.2) is 0 Å². The fourth-order valence-corrected chi connectivity index (χ4v) is 8.39. The first kappa shape index (κ1) is 12.8. The summed E-state index contributed by atoms with van der Waals surface area (Å²) in [6.07, 6.45) is 0.554. The Kier molecular flexibility index (Phi) is 6.13. The monoisotopic (exact) mass is 255 g/mol. The van der Waals surface area contributed by atoms with Crippen molar-refractivity contribution in [2.24, 2.45) is 0 Å². The third kappa shape index (κ3) is 3.99. The topological polar surface area (TPSA) is 66.0 Å². The molecular weight excluding hydrogens is 242 g/mol. The molecule has 0 saturated heterocycles. The van der Waals surface area contributed by atoms with Crippen molar-refractivity contribution < 1.29 is 21.6 Å². The summed E-state index contributed by atoms with van der Waals surface area (Å²) < 4.78 is 20.0. The molecule has 0 heterocycles. The highest BCUT2D eigenvalue weighted by atomic mass is 28.5. The van der Waals surface area contributed by atoms with Crippen LogP contribution in [0.4, 0.5) is 4.79 Å². The van der Waals surface area contributed by atoms with Gasteiger partial charge in [-0.1, -0.05) is 6.58 Å². The lowest BCUT2D eigenvalue weighted by molar-refractivity contribution is 0.125. The van der Waals surface area contributed by atoms with Crippen molar-refractivity contribution in [2.75, 3.05) is 0 Å². The molecule has 0 rings (SSSR count). The Hall–Kier alpha value is -0.242. The summed E-state index contributed by atoms with van der Waals surface area (Å²) in [5.74, 6) is 0. The Balaban J connectivity index is 4.23. The normalized spacial score (nSPS) is 15.1. The first-order chi connectivity index (χ1) is 6.14. The van der Waals surface area contributed by atoms with Crippen molar-refractivity contribution in [1.29, 1.82) is 0 Å². The maximum atomic E-state index is 11.0. The van der Waals surface area contributed by atoms with E-state index < -0.39 is 15.1 Å². The van der Waals surface area contributed by atoms with Gasteiger partial charge in [0.2, 0.25) is 0 Å². The van der Waals surface area contributed by atoms with Crippen LogP contribution < -0.4 is 5.32 Å². The van der Waals surface area contributed by atoms with Gasteiger partial charge in [0.1, 0.15) is 31.5 Å². The summed E-state index contributed by atoms with van der Waals surface area (Å²) in [6.45, 7) is 3.32. The molecule has 0 fully saturated rings. The van der Waals surface area contributed by atoms with E-state index in [1.165, 1.54) is 6.20 Å². The van der Waals surface area contributed by atoms with Crippen LogP contribution in [0.3, 0.4) is 0 Å². The van der Waals surface area contributed by atoms with Gasteiger partial charge in [-0.05, 0) is 6.20 Å².